The number of cyclic esters (lactones) is 1. The second-order valence-electron chi connectivity index (χ2n) is 7.35. The third-order valence-electron chi connectivity index (χ3n) is 5.60. The van der Waals surface area contributed by atoms with Gasteiger partial charge in [-0.1, -0.05) is 74.5 Å². The van der Waals surface area contributed by atoms with Crippen LogP contribution in [0.2, 0.25) is 0 Å². The summed E-state index contributed by atoms with van der Waals surface area (Å²) in [7, 11) is 0. The van der Waals surface area contributed by atoms with Crippen LogP contribution in [0.5, 0.6) is 0 Å². The van der Waals surface area contributed by atoms with E-state index in [1.807, 2.05) is 24.3 Å². The number of rotatable bonds is 1. The molecule has 2 heteroatoms. The lowest BCUT2D eigenvalue weighted by Crippen LogP contribution is -2.15. The number of carbonyl (C=O) groups is 1. The first kappa shape index (κ1) is 14.5. The lowest BCUT2D eigenvalue weighted by molar-refractivity contribution is 0.0455. The number of fused-ring (bicyclic) bond motifs is 4. The predicted molar refractivity (Wildman–Crippen MR) is 97.7 cm³/mol. The Kier molecular flexibility index (Phi) is 2.79. The monoisotopic (exact) mass is 326 g/mol. The van der Waals surface area contributed by atoms with E-state index in [9.17, 15) is 4.79 Å². The molecule has 0 aromatic heterocycles. The molecule has 0 bridgehead atoms. The number of hydrogen-bond donors (Lipinski definition) is 0. The van der Waals surface area contributed by atoms with E-state index in [2.05, 4.69) is 56.3 Å². The van der Waals surface area contributed by atoms with Crippen LogP contribution in [-0.4, -0.2) is 5.97 Å². The summed E-state index contributed by atoms with van der Waals surface area (Å²) in [5.74, 6) is -0.233. The molecule has 0 saturated heterocycles. The van der Waals surface area contributed by atoms with Gasteiger partial charge in [-0.15, -0.1) is 0 Å². The van der Waals surface area contributed by atoms with Crippen molar-refractivity contribution in [3.05, 3.63) is 94.5 Å². The largest absolute Gasteiger partial charge is 0.449 e. The van der Waals surface area contributed by atoms with Crippen LogP contribution in [0.3, 0.4) is 0 Å². The van der Waals surface area contributed by atoms with Gasteiger partial charge in [-0.25, -0.2) is 4.79 Å². The van der Waals surface area contributed by atoms with Crippen molar-refractivity contribution in [2.45, 2.75) is 25.4 Å². The highest BCUT2D eigenvalue weighted by molar-refractivity contribution is 5.94. The fourth-order valence-electron chi connectivity index (χ4n) is 4.28. The summed E-state index contributed by atoms with van der Waals surface area (Å²) in [4.78, 5) is 12.2. The molecule has 1 atom stereocenters. The van der Waals surface area contributed by atoms with Crippen molar-refractivity contribution in [3.8, 4) is 11.1 Å². The molecule has 1 heterocycles. The van der Waals surface area contributed by atoms with Crippen molar-refractivity contribution in [2.24, 2.45) is 0 Å². The summed E-state index contributed by atoms with van der Waals surface area (Å²) in [6.45, 7) is 4.52. The highest BCUT2D eigenvalue weighted by Gasteiger charge is 2.37. The topological polar surface area (TPSA) is 26.3 Å². The van der Waals surface area contributed by atoms with E-state index in [1.165, 1.54) is 22.3 Å². The molecule has 2 aliphatic rings. The second kappa shape index (κ2) is 4.82. The van der Waals surface area contributed by atoms with E-state index in [0.717, 1.165) is 11.1 Å². The summed E-state index contributed by atoms with van der Waals surface area (Å²) in [5.41, 5.74) is 7.86. The van der Waals surface area contributed by atoms with Crippen LogP contribution in [-0.2, 0) is 10.2 Å². The summed E-state index contributed by atoms with van der Waals surface area (Å²) in [5, 5.41) is 0. The normalized spacial score (nSPS) is 19.1. The number of ether oxygens (including phenoxy) is 1. The zero-order chi connectivity index (χ0) is 17.2. The van der Waals surface area contributed by atoms with Crippen molar-refractivity contribution < 1.29 is 9.53 Å². The van der Waals surface area contributed by atoms with Gasteiger partial charge < -0.3 is 4.74 Å². The Morgan fingerprint density at radius 2 is 1.48 bits per heavy atom. The molecule has 0 saturated carbocycles. The standard InChI is InChI=1S/C23H18O2/c1-23(2)19-10-6-5-7-15(19)16-12-11-14(13-20(16)23)21-17-8-3-4-9-18(17)22(24)25-21/h3-13,21H,1-2H3. The van der Waals surface area contributed by atoms with Gasteiger partial charge in [-0.2, -0.15) is 0 Å². The Bertz CT molecular complexity index is 1030. The third-order valence-corrected chi connectivity index (χ3v) is 5.60. The minimum Gasteiger partial charge on any atom is -0.449 e. The summed E-state index contributed by atoms with van der Waals surface area (Å²) in [6, 6.07) is 22.7. The third kappa shape index (κ3) is 1.88. The van der Waals surface area contributed by atoms with E-state index >= 15 is 0 Å². The summed E-state index contributed by atoms with van der Waals surface area (Å²) < 4.78 is 5.68. The van der Waals surface area contributed by atoms with Crippen LogP contribution in [0.25, 0.3) is 11.1 Å². The van der Waals surface area contributed by atoms with E-state index in [1.54, 1.807) is 0 Å². The molecule has 25 heavy (non-hydrogen) atoms. The van der Waals surface area contributed by atoms with Gasteiger partial charge >= 0.3 is 5.97 Å². The maximum absolute atomic E-state index is 12.2. The number of carbonyl (C=O) groups excluding carboxylic acids is 1. The Morgan fingerprint density at radius 1 is 0.800 bits per heavy atom. The minimum absolute atomic E-state index is 0.0515. The van der Waals surface area contributed by atoms with Gasteiger partial charge in [-0.05, 0) is 33.9 Å². The van der Waals surface area contributed by atoms with E-state index < -0.39 is 0 Å². The van der Waals surface area contributed by atoms with Gasteiger partial charge in [0.05, 0.1) is 5.56 Å². The van der Waals surface area contributed by atoms with Crippen molar-refractivity contribution in [1.82, 2.24) is 0 Å². The Morgan fingerprint density at radius 3 is 2.32 bits per heavy atom. The molecule has 0 amide bonds. The van der Waals surface area contributed by atoms with Gasteiger partial charge in [-0.3, -0.25) is 0 Å². The van der Waals surface area contributed by atoms with Gasteiger partial charge in [0.15, 0.2) is 6.10 Å². The summed E-state index contributed by atoms with van der Waals surface area (Å²) >= 11 is 0. The van der Waals surface area contributed by atoms with Gasteiger partial charge in [0.1, 0.15) is 0 Å². The Balaban J connectivity index is 1.67. The average Bonchev–Trinajstić information content (AvgIpc) is 3.09. The van der Waals surface area contributed by atoms with Crippen molar-refractivity contribution >= 4 is 5.97 Å². The fraction of sp³-hybridized carbons (Fsp3) is 0.174. The van der Waals surface area contributed by atoms with E-state index in [0.29, 0.717) is 5.56 Å². The smallest absolute Gasteiger partial charge is 0.339 e. The molecule has 0 N–H and O–H groups in total. The van der Waals surface area contributed by atoms with Gasteiger partial charge in [0.25, 0.3) is 0 Å². The van der Waals surface area contributed by atoms with Gasteiger partial charge in [0.2, 0.25) is 0 Å². The van der Waals surface area contributed by atoms with Crippen LogP contribution < -0.4 is 0 Å². The fourth-order valence-corrected chi connectivity index (χ4v) is 4.28. The number of hydrogen-bond acceptors (Lipinski definition) is 2. The molecule has 3 aromatic carbocycles. The number of esters is 1. The first-order chi connectivity index (χ1) is 12.1. The molecule has 0 fully saturated rings. The molecule has 122 valence electrons. The molecular formula is C23H18O2. The molecule has 2 nitrogen and oxygen atoms in total. The van der Waals surface area contributed by atoms with Crippen LogP contribution in [0.1, 0.15) is 52.6 Å². The van der Waals surface area contributed by atoms with Crippen molar-refractivity contribution in [2.75, 3.05) is 0 Å². The first-order valence-corrected chi connectivity index (χ1v) is 8.61. The number of benzene rings is 3. The lowest BCUT2D eigenvalue weighted by Gasteiger charge is -2.22. The quantitative estimate of drug-likeness (QED) is 0.571. The SMILES string of the molecule is CC1(C)c2ccccc2-c2ccc(C3OC(=O)c4ccccc43)cc21. The zero-order valence-electron chi connectivity index (χ0n) is 14.2. The van der Waals surface area contributed by atoms with Crippen LogP contribution in [0, 0.1) is 0 Å². The zero-order valence-corrected chi connectivity index (χ0v) is 14.2. The second-order valence-corrected chi connectivity index (χ2v) is 7.35. The average molecular weight is 326 g/mol. The maximum atomic E-state index is 12.2. The molecule has 3 aromatic rings. The van der Waals surface area contributed by atoms with E-state index in [4.69, 9.17) is 4.74 Å². The van der Waals surface area contributed by atoms with Crippen LogP contribution >= 0.6 is 0 Å². The van der Waals surface area contributed by atoms with Crippen molar-refractivity contribution in [1.29, 1.82) is 0 Å². The predicted octanol–water partition coefficient (Wildman–Crippen LogP) is 5.25. The van der Waals surface area contributed by atoms with Crippen molar-refractivity contribution in [3.63, 3.8) is 0 Å². The Hall–Kier alpha value is -2.87. The molecule has 0 radical (unpaired) electrons. The molecule has 5 rings (SSSR count). The van der Waals surface area contributed by atoms with Gasteiger partial charge in [0, 0.05) is 11.0 Å². The molecular weight excluding hydrogens is 308 g/mol. The van der Waals surface area contributed by atoms with Crippen LogP contribution in [0.4, 0.5) is 0 Å². The lowest BCUT2D eigenvalue weighted by atomic mass is 9.81. The van der Waals surface area contributed by atoms with E-state index in [-0.39, 0.29) is 17.5 Å². The first-order valence-electron chi connectivity index (χ1n) is 8.61. The highest BCUT2D eigenvalue weighted by atomic mass is 16.5. The molecule has 0 spiro atoms. The molecule has 1 aliphatic carbocycles. The summed E-state index contributed by atoms with van der Waals surface area (Å²) in [6.07, 6.45) is -0.312. The Labute approximate surface area is 147 Å². The molecule has 1 unspecified atom stereocenters. The minimum atomic E-state index is -0.312. The molecule has 1 aliphatic heterocycles. The van der Waals surface area contributed by atoms with Crippen LogP contribution in [0.15, 0.2) is 66.7 Å². The maximum Gasteiger partial charge on any atom is 0.339 e. The highest BCUT2D eigenvalue weighted by Crippen LogP contribution is 2.49.